The minimum absolute atomic E-state index is 0.0334. The number of amides is 2. The second kappa shape index (κ2) is 6.37. The topological polar surface area (TPSA) is 79.3 Å². The Morgan fingerprint density at radius 1 is 1.26 bits per heavy atom. The van der Waals surface area contributed by atoms with E-state index in [2.05, 4.69) is 11.9 Å². The van der Waals surface area contributed by atoms with Gasteiger partial charge in [0.25, 0.3) is 5.91 Å². The molecule has 7 nitrogen and oxygen atoms in total. The minimum atomic E-state index is -0.335. The predicted octanol–water partition coefficient (Wildman–Crippen LogP) is 2.26. The monoisotopic (exact) mass is 385 g/mol. The second-order valence-electron chi connectivity index (χ2n) is 7.72. The molecule has 0 saturated carbocycles. The fourth-order valence-corrected chi connectivity index (χ4v) is 4.74. The van der Waals surface area contributed by atoms with E-state index in [1.165, 1.54) is 11.3 Å². The van der Waals surface area contributed by atoms with Crippen molar-refractivity contribution in [3.05, 3.63) is 33.2 Å². The first kappa shape index (κ1) is 18.0. The number of nitrogens with zero attached hydrogens (tertiary/aromatic N) is 5. The average Bonchev–Trinajstić information content (AvgIpc) is 3.19. The van der Waals surface area contributed by atoms with Crippen LogP contribution in [0.15, 0.2) is 5.51 Å². The maximum Gasteiger partial charge on any atom is 0.265 e. The van der Waals surface area contributed by atoms with Gasteiger partial charge in [-0.2, -0.15) is 0 Å². The van der Waals surface area contributed by atoms with Crippen LogP contribution in [0.4, 0.5) is 5.82 Å². The summed E-state index contributed by atoms with van der Waals surface area (Å²) in [4.78, 5) is 42.9. The number of rotatable bonds is 2. The van der Waals surface area contributed by atoms with Crippen LogP contribution in [0.3, 0.4) is 0 Å². The standard InChI is InChI=1S/C19H23N5O2S/c1-11-13-8-14(25)23(4)16(13)22-18(21-11)19(3)6-5-7-24(9-19)17(26)15-12(2)20-10-27-15/h10H,5-9H2,1-4H3/t19-/m0/s1. The molecule has 0 aliphatic carbocycles. The van der Waals surface area contributed by atoms with Gasteiger partial charge < -0.3 is 4.90 Å². The maximum atomic E-state index is 13.0. The number of aryl methyl sites for hydroxylation is 2. The molecule has 2 aliphatic heterocycles. The molecule has 0 radical (unpaired) electrons. The number of piperidine rings is 1. The summed E-state index contributed by atoms with van der Waals surface area (Å²) in [7, 11) is 1.76. The van der Waals surface area contributed by atoms with Crippen molar-refractivity contribution in [2.24, 2.45) is 0 Å². The Hall–Kier alpha value is -2.35. The molecule has 0 aromatic carbocycles. The zero-order valence-electron chi connectivity index (χ0n) is 16.1. The number of carbonyl (C=O) groups is 2. The first-order chi connectivity index (χ1) is 12.8. The Kier molecular flexibility index (Phi) is 4.25. The predicted molar refractivity (Wildman–Crippen MR) is 103 cm³/mol. The summed E-state index contributed by atoms with van der Waals surface area (Å²) < 4.78 is 0. The van der Waals surface area contributed by atoms with Crippen LogP contribution in [0.5, 0.6) is 0 Å². The molecule has 0 N–H and O–H groups in total. The Labute approximate surface area is 162 Å². The van der Waals surface area contributed by atoms with Crippen molar-refractivity contribution in [2.75, 3.05) is 25.0 Å². The number of carbonyl (C=O) groups excluding carboxylic acids is 2. The highest BCUT2D eigenvalue weighted by atomic mass is 32.1. The van der Waals surface area contributed by atoms with Crippen molar-refractivity contribution >= 4 is 29.0 Å². The van der Waals surface area contributed by atoms with Gasteiger partial charge in [-0.3, -0.25) is 14.5 Å². The molecule has 1 saturated heterocycles. The molecule has 1 fully saturated rings. The molecule has 4 heterocycles. The van der Waals surface area contributed by atoms with Crippen molar-refractivity contribution in [3.63, 3.8) is 0 Å². The zero-order valence-corrected chi connectivity index (χ0v) is 16.9. The normalized spacial score (nSPS) is 22.3. The summed E-state index contributed by atoms with van der Waals surface area (Å²) in [6, 6.07) is 0. The van der Waals surface area contributed by atoms with E-state index in [4.69, 9.17) is 9.97 Å². The third-order valence-corrected chi connectivity index (χ3v) is 6.59. The van der Waals surface area contributed by atoms with E-state index in [9.17, 15) is 9.59 Å². The lowest BCUT2D eigenvalue weighted by atomic mass is 9.80. The highest BCUT2D eigenvalue weighted by Gasteiger charge is 2.40. The summed E-state index contributed by atoms with van der Waals surface area (Å²) in [5, 5.41) is 0. The zero-order chi connectivity index (χ0) is 19.3. The van der Waals surface area contributed by atoms with Gasteiger partial charge >= 0.3 is 0 Å². The second-order valence-corrected chi connectivity index (χ2v) is 8.58. The fourth-order valence-electron chi connectivity index (χ4n) is 3.97. The van der Waals surface area contributed by atoms with Gasteiger partial charge in [0, 0.05) is 36.8 Å². The highest BCUT2D eigenvalue weighted by molar-refractivity contribution is 7.11. The molecule has 1 atom stereocenters. The molecule has 2 amide bonds. The van der Waals surface area contributed by atoms with Crippen LogP contribution >= 0.6 is 11.3 Å². The van der Waals surface area contributed by atoms with Gasteiger partial charge in [0.2, 0.25) is 5.91 Å². The number of thiazole rings is 1. The van der Waals surface area contributed by atoms with Gasteiger partial charge in [-0.25, -0.2) is 15.0 Å². The van der Waals surface area contributed by atoms with Crippen molar-refractivity contribution < 1.29 is 9.59 Å². The van der Waals surface area contributed by atoms with Gasteiger partial charge in [0.05, 0.1) is 17.6 Å². The molecule has 4 rings (SSSR count). The Morgan fingerprint density at radius 2 is 2.04 bits per heavy atom. The molecule has 2 aliphatic rings. The lowest BCUT2D eigenvalue weighted by Crippen LogP contribution is -2.48. The van der Waals surface area contributed by atoms with Gasteiger partial charge in [0.1, 0.15) is 16.5 Å². The summed E-state index contributed by atoms with van der Waals surface area (Å²) >= 11 is 1.39. The van der Waals surface area contributed by atoms with E-state index in [1.54, 1.807) is 17.5 Å². The third kappa shape index (κ3) is 2.92. The average molecular weight is 385 g/mol. The first-order valence-electron chi connectivity index (χ1n) is 9.14. The number of hydrogen-bond donors (Lipinski definition) is 0. The molecule has 0 unspecified atom stereocenters. The number of anilines is 1. The number of likely N-dealkylation sites (N-methyl/N-ethyl adjacent to an activating group) is 1. The Bertz CT molecular complexity index is 940. The first-order valence-corrected chi connectivity index (χ1v) is 10.0. The largest absolute Gasteiger partial charge is 0.337 e. The number of hydrogen-bond acceptors (Lipinski definition) is 6. The van der Waals surface area contributed by atoms with E-state index < -0.39 is 0 Å². The summed E-state index contributed by atoms with van der Waals surface area (Å²) in [6.07, 6.45) is 2.17. The van der Waals surface area contributed by atoms with Crippen LogP contribution < -0.4 is 4.90 Å². The molecule has 8 heteroatoms. The maximum absolute atomic E-state index is 13.0. The lowest BCUT2D eigenvalue weighted by Gasteiger charge is -2.39. The SMILES string of the molecule is Cc1ncsc1C(=O)N1CCC[C@](C)(c2nc(C)c3c(n2)N(C)C(=O)C3)C1. The van der Waals surface area contributed by atoms with E-state index in [1.807, 2.05) is 18.7 Å². The lowest BCUT2D eigenvalue weighted by molar-refractivity contribution is -0.117. The van der Waals surface area contributed by atoms with Crippen LogP contribution in [-0.2, 0) is 16.6 Å². The Balaban J connectivity index is 1.66. The van der Waals surface area contributed by atoms with Crippen LogP contribution in [0.1, 0.15) is 52.2 Å². The summed E-state index contributed by atoms with van der Waals surface area (Å²) in [6.45, 7) is 7.22. The van der Waals surface area contributed by atoms with Crippen LogP contribution in [0.25, 0.3) is 0 Å². The van der Waals surface area contributed by atoms with Crippen molar-refractivity contribution in [2.45, 2.75) is 45.4 Å². The minimum Gasteiger partial charge on any atom is -0.337 e. The summed E-state index contributed by atoms with van der Waals surface area (Å²) in [5.41, 5.74) is 3.93. The van der Waals surface area contributed by atoms with Gasteiger partial charge in [-0.05, 0) is 26.7 Å². The fraction of sp³-hybridized carbons (Fsp3) is 0.526. The Morgan fingerprint density at radius 3 is 2.74 bits per heavy atom. The third-order valence-electron chi connectivity index (χ3n) is 5.68. The molecular formula is C19H23N5O2S. The molecular weight excluding hydrogens is 362 g/mol. The van der Waals surface area contributed by atoms with Crippen molar-refractivity contribution in [3.8, 4) is 0 Å². The molecule has 2 aromatic rings. The van der Waals surface area contributed by atoms with Crippen molar-refractivity contribution in [1.29, 1.82) is 0 Å². The van der Waals surface area contributed by atoms with E-state index in [0.29, 0.717) is 23.7 Å². The number of likely N-dealkylation sites (tertiary alicyclic amines) is 1. The smallest absolute Gasteiger partial charge is 0.265 e. The van der Waals surface area contributed by atoms with Crippen LogP contribution in [0.2, 0.25) is 0 Å². The molecule has 2 aromatic heterocycles. The van der Waals surface area contributed by atoms with Crippen LogP contribution in [0, 0.1) is 13.8 Å². The van der Waals surface area contributed by atoms with E-state index >= 15 is 0 Å². The van der Waals surface area contributed by atoms with E-state index in [-0.39, 0.29) is 17.2 Å². The van der Waals surface area contributed by atoms with Crippen molar-refractivity contribution in [1.82, 2.24) is 19.9 Å². The van der Waals surface area contributed by atoms with Gasteiger partial charge in [0.15, 0.2) is 0 Å². The molecule has 142 valence electrons. The van der Waals surface area contributed by atoms with Gasteiger partial charge in [-0.15, -0.1) is 11.3 Å². The summed E-state index contributed by atoms with van der Waals surface area (Å²) in [5.74, 6) is 1.52. The number of fused-ring (bicyclic) bond motifs is 1. The van der Waals surface area contributed by atoms with E-state index in [0.717, 1.165) is 42.2 Å². The molecule has 0 bridgehead atoms. The van der Waals surface area contributed by atoms with Gasteiger partial charge in [-0.1, -0.05) is 6.92 Å². The van der Waals surface area contributed by atoms with Crippen LogP contribution in [-0.4, -0.2) is 51.8 Å². The number of aromatic nitrogens is 3. The quantitative estimate of drug-likeness (QED) is 0.792. The highest BCUT2D eigenvalue weighted by Crippen LogP contribution is 2.36. The molecule has 0 spiro atoms. The molecule has 27 heavy (non-hydrogen) atoms.